The number of nitrogens with zero attached hydrogens (tertiary/aromatic N) is 1. The average Bonchev–Trinajstić information content (AvgIpc) is 2.15. The number of piperidine rings is 1. The molecular weight excluding hydrogens is 188 g/mol. The lowest BCUT2D eigenvalue weighted by molar-refractivity contribution is -0.145. The number of rotatable bonds is 2. The molecule has 1 heterocycles. The first-order valence-electron chi connectivity index (χ1n) is 6.11. The summed E-state index contributed by atoms with van der Waals surface area (Å²) in [5.74, 6) is 0.369. The Morgan fingerprint density at radius 2 is 1.93 bits per heavy atom. The predicted octanol–water partition coefficient (Wildman–Crippen LogP) is 1.39. The Hall–Kier alpha value is -0.570. The van der Waals surface area contributed by atoms with Crippen LogP contribution in [0.3, 0.4) is 0 Å². The Labute approximate surface area is 92.2 Å². The quantitative estimate of drug-likeness (QED) is 0.747. The molecule has 15 heavy (non-hydrogen) atoms. The average molecular weight is 210 g/mol. The van der Waals surface area contributed by atoms with Crippen LogP contribution in [0.15, 0.2) is 0 Å². The number of hydrogen-bond acceptors (Lipinski definition) is 2. The molecule has 0 aromatic rings. The van der Waals surface area contributed by atoms with Crippen molar-refractivity contribution in [1.82, 2.24) is 10.2 Å². The second kappa shape index (κ2) is 4.12. The van der Waals surface area contributed by atoms with Crippen molar-refractivity contribution in [3.05, 3.63) is 0 Å². The maximum absolute atomic E-state index is 12.4. The molecule has 0 unspecified atom stereocenters. The van der Waals surface area contributed by atoms with Gasteiger partial charge in [0.1, 0.15) is 0 Å². The zero-order valence-corrected chi connectivity index (χ0v) is 9.88. The minimum atomic E-state index is -0.102. The largest absolute Gasteiger partial charge is 0.342 e. The van der Waals surface area contributed by atoms with E-state index in [0.29, 0.717) is 11.9 Å². The number of nitrogens with one attached hydrogen (secondary N) is 1. The summed E-state index contributed by atoms with van der Waals surface area (Å²) >= 11 is 0. The van der Waals surface area contributed by atoms with Crippen LogP contribution in [0, 0.1) is 5.41 Å². The summed E-state index contributed by atoms with van der Waals surface area (Å²) in [7, 11) is 1.99. The number of carbonyl (C=O) groups excluding carboxylic acids is 1. The Morgan fingerprint density at radius 3 is 2.40 bits per heavy atom. The normalized spacial score (nSPS) is 25.7. The van der Waals surface area contributed by atoms with E-state index in [1.165, 1.54) is 19.3 Å². The Kier molecular flexibility index (Phi) is 3.01. The number of carbonyl (C=O) groups is 1. The molecule has 86 valence electrons. The maximum Gasteiger partial charge on any atom is 0.228 e. The molecule has 1 aliphatic carbocycles. The lowest BCUT2D eigenvalue weighted by Gasteiger charge is -2.42. The van der Waals surface area contributed by atoms with Gasteiger partial charge in [0, 0.05) is 18.5 Å². The molecule has 2 rings (SSSR count). The van der Waals surface area contributed by atoms with Crippen molar-refractivity contribution in [2.24, 2.45) is 5.41 Å². The monoisotopic (exact) mass is 210 g/mol. The van der Waals surface area contributed by atoms with E-state index in [-0.39, 0.29) is 5.41 Å². The van der Waals surface area contributed by atoms with E-state index in [9.17, 15) is 4.79 Å². The topological polar surface area (TPSA) is 32.3 Å². The summed E-state index contributed by atoms with van der Waals surface area (Å²) in [5.41, 5.74) is -0.102. The third kappa shape index (κ3) is 2.03. The van der Waals surface area contributed by atoms with Gasteiger partial charge in [0.25, 0.3) is 0 Å². The van der Waals surface area contributed by atoms with Crippen molar-refractivity contribution >= 4 is 5.91 Å². The van der Waals surface area contributed by atoms with Crippen LogP contribution in [0.1, 0.15) is 39.0 Å². The van der Waals surface area contributed by atoms with Crippen LogP contribution < -0.4 is 5.32 Å². The number of amides is 1. The Morgan fingerprint density at radius 1 is 1.33 bits per heavy atom. The van der Waals surface area contributed by atoms with Crippen molar-refractivity contribution in [2.75, 3.05) is 20.1 Å². The van der Waals surface area contributed by atoms with E-state index in [4.69, 9.17) is 0 Å². The van der Waals surface area contributed by atoms with Crippen molar-refractivity contribution in [1.29, 1.82) is 0 Å². The van der Waals surface area contributed by atoms with Gasteiger partial charge in [-0.25, -0.2) is 0 Å². The summed E-state index contributed by atoms with van der Waals surface area (Å²) in [6, 6.07) is 0.532. The summed E-state index contributed by atoms with van der Waals surface area (Å²) in [4.78, 5) is 14.4. The van der Waals surface area contributed by atoms with Gasteiger partial charge in [0.2, 0.25) is 5.91 Å². The molecule has 0 radical (unpaired) electrons. The molecule has 1 N–H and O–H groups in total. The molecule has 1 aliphatic heterocycles. The Bertz CT molecular complexity index is 242. The SMILES string of the molecule is CN(C(=O)C1(C)CCNCC1)C1CCC1. The van der Waals surface area contributed by atoms with E-state index in [1.54, 1.807) is 0 Å². The molecule has 1 saturated carbocycles. The predicted molar refractivity (Wildman–Crippen MR) is 60.6 cm³/mol. The van der Waals surface area contributed by atoms with Gasteiger partial charge >= 0.3 is 0 Å². The molecule has 0 bridgehead atoms. The van der Waals surface area contributed by atoms with Crippen molar-refractivity contribution in [3.8, 4) is 0 Å². The van der Waals surface area contributed by atoms with Gasteiger partial charge in [0.05, 0.1) is 0 Å². The molecule has 0 atom stereocenters. The molecule has 1 saturated heterocycles. The maximum atomic E-state index is 12.4. The second-order valence-electron chi connectivity index (χ2n) is 5.31. The van der Waals surface area contributed by atoms with Crippen LogP contribution in [0.5, 0.6) is 0 Å². The first-order chi connectivity index (χ1) is 7.13. The molecule has 3 nitrogen and oxygen atoms in total. The first kappa shape index (κ1) is 10.9. The van der Waals surface area contributed by atoms with E-state index >= 15 is 0 Å². The van der Waals surface area contributed by atoms with Crippen molar-refractivity contribution < 1.29 is 4.79 Å². The fourth-order valence-electron chi connectivity index (χ4n) is 2.56. The van der Waals surface area contributed by atoms with Gasteiger partial charge in [-0.1, -0.05) is 6.92 Å². The van der Waals surface area contributed by atoms with Gasteiger partial charge < -0.3 is 10.2 Å². The van der Waals surface area contributed by atoms with E-state index in [2.05, 4.69) is 12.2 Å². The molecule has 0 aromatic heterocycles. The summed E-state index contributed by atoms with van der Waals surface area (Å²) in [6.45, 7) is 4.10. The molecule has 3 heteroatoms. The molecule has 2 aliphatic rings. The van der Waals surface area contributed by atoms with E-state index in [0.717, 1.165) is 25.9 Å². The van der Waals surface area contributed by atoms with Crippen LogP contribution in [-0.4, -0.2) is 37.0 Å². The second-order valence-corrected chi connectivity index (χ2v) is 5.31. The summed E-state index contributed by atoms with van der Waals surface area (Å²) < 4.78 is 0. The molecular formula is C12H22N2O. The van der Waals surface area contributed by atoms with Gasteiger partial charge in [-0.2, -0.15) is 0 Å². The van der Waals surface area contributed by atoms with Crippen molar-refractivity contribution in [3.63, 3.8) is 0 Å². The highest BCUT2D eigenvalue weighted by molar-refractivity contribution is 5.82. The first-order valence-corrected chi connectivity index (χ1v) is 6.11. The zero-order chi connectivity index (χ0) is 10.9. The molecule has 0 aromatic carbocycles. The van der Waals surface area contributed by atoms with Gasteiger partial charge in [-0.15, -0.1) is 0 Å². The third-order valence-electron chi connectivity index (χ3n) is 4.17. The smallest absolute Gasteiger partial charge is 0.228 e. The van der Waals surface area contributed by atoms with E-state index in [1.807, 2.05) is 11.9 Å². The lowest BCUT2D eigenvalue weighted by Crippen LogP contribution is -2.51. The van der Waals surface area contributed by atoms with Crippen LogP contribution in [0.25, 0.3) is 0 Å². The van der Waals surface area contributed by atoms with Gasteiger partial charge in [0.15, 0.2) is 0 Å². The standard InChI is InChI=1S/C12H22N2O/c1-12(6-8-13-9-7-12)11(15)14(2)10-4-3-5-10/h10,13H,3-9H2,1-2H3. The minimum Gasteiger partial charge on any atom is -0.342 e. The Balaban J connectivity index is 1.98. The molecule has 2 fully saturated rings. The van der Waals surface area contributed by atoms with Crippen LogP contribution >= 0.6 is 0 Å². The summed E-state index contributed by atoms with van der Waals surface area (Å²) in [5, 5.41) is 3.32. The minimum absolute atomic E-state index is 0.102. The number of hydrogen-bond donors (Lipinski definition) is 1. The highest BCUT2D eigenvalue weighted by Gasteiger charge is 2.39. The summed E-state index contributed by atoms with van der Waals surface area (Å²) in [6.07, 6.45) is 5.68. The van der Waals surface area contributed by atoms with Crippen LogP contribution in [0.2, 0.25) is 0 Å². The van der Waals surface area contributed by atoms with Crippen LogP contribution in [0.4, 0.5) is 0 Å². The molecule has 1 amide bonds. The van der Waals surface area contributed by atoms with Gasteiger partial charge in [-0.05, 0) is 45.2 Å². The highest BCUT2D eigenvalue weighted by atomic mass is 16.2. The lowest BCUT2D eigenvalue weighted by atomic mass is 9.78. The van der Waals surface area contributed by atoms with Crippen LogP contribution in [-0.2, 0) is 4.79 Å². The highest BCUT2D eigenvalue weighted by Crippen LogP contribution is 2.33. The van der Waals surface area contributed by atoms with E-state index < -0.39 is 0 Å². The zero-order valence-electron chi connectivity index (χ0n) is 9.88. The fourth-order valence-corrected chi connectivity index (χ4v) is 2.56. The van der Waals surface area contributed by atoms with Crippen molar-refractivity contribution in [2.45, 2.75) is 45.1 Å². The molecule has 0 spiro atoms. The fraction of sp³-hybridized carbons (Fsp3) is 0.917. The third-order valence-corrected chi connectivity index (χ3v) is 4.17. The van der Waals surface area contributed by atoms with Gasteiger partial charge in [-0.3, -0.25) is 4.79 Å².